The zero-order valence-corrected chi connectivity index (χ0v) is 24.7. The minimum absolute atomic E-state index is 0.105. The van der Waals surface area contributed by atoms with Crippen molar-refractivity contribution in [1.29, 1.82) is 0 Å². The van der Waals surface area contributed by atoms with Crippen LogP contribution in [0, 0.1) is 17.5 Å². The molecule has 46 heavy (non-hydrogen) atoms. The Labute approximate surface area is 262 Å². The van der Waals surface area contributed by atoms with Crippen LogP contribution >= 0.6 is 11.8 Å². The minimum atomic E-state index is -1.66. The van der Waals surface area contributed by atoms with Crippen LogP contribution in [0.4, 0.5) is 19.0 Å². The monoisotopic (exact) mass is 675 g/mol. The lowest BCUT2D eigenvalue weighted by Gasteiger charge is -2.46. The van der Waals surface area contributed by atoms with Gasteiger partial charge in [-0.3, -0.25) is 0 Å². The molecule has 0 radical (unpaired) electrons. The molecule has 3 aliphatic heterocycles. The van der Waals surface area contributed by atoms with Crippen molar-refractivity contribution in [1.82, 2.24) is 30.0 Å². The van der Waals surface area contributed by atoms with Crippen molar-refractivity contribution in [3.63, 3.8) is 0 Å². The Kier molecular flexibility index (Phi) is 9.80. The average molecular weight is 676 g/mol. The predicted molar refractivity (Wildman–Crippen MR) is 150 cm³/mol. The van der Waals surface area contributed by atoms with E-state index in [1.54, 1.807) is 6.20 Å². The molecule has 16 nitrogen and oxygen atoms in total. The van der Waals surface area contributed by atoms with Gasteiger partial charge in [-0.15, -0.1) is 10.2 Å². The third-order valence-corrected chi connectivity index (χ3v) is 9.52. The first kappa shape index (κ1) is 33.0. The van der Waals surface area contributed by atoms with E-state index in [2.05, 4.69) is 20.6 Å². The smallest absolute Gasteiger partial charge is 0.194 e. The van der Waals surface area contributed by atoms with Gasteiger partial charge >= 0.3 is 0 Å². The van der Waals surface area contributed by atoms with Gasteiger partial charge in [0.25, 0.3) is 0 Å². The number of halogens is 3. The molecule has 6 rings (SSSR count). The number of nitrogens with zero attached hydrogens (tertiary/aromatic N) is 7. The molecule has 0 aliphatic carbocycles. The highest BCUT2D eigenvalue weighted by atomic mass is 32.2. The molecule has 252 valence electrons. The summed E-state index contributed by atoms with van der Waals surface area (Å²) < 4.78 is 60.3. The highest BCUT2D eigenvalue weighted by Crippen LogP contribution is 2.42. The molecule has 20 heteroatoms. The van der Waals surface area contributed by atoms with Crippen molar-refractivity contribution in [2.45, 2.75) is 59.6 Å². The summed E-state index contributed by atoms with van der Waals surface area (Å²) in [6, 6.07) is -1.05. The molecule has 2 aromatic heterocycles. The average Bonchev–Trinajstić information content (AvgIpc) is 3.74. The van der Waals surface area contributed by atoms with Crippen LogP contribution in [0.3, 0.4) is 0 Å². The van der Waals surface area contributed by atoms with Gasteiger partial charge in [-0.2, -0.15) is 0 Å². The summed E-state index contributed by atoms with van der Waals surface area (Å²) in [5, 5.41) is 80.6. The number of thioether (sulfide) groups is 1. The molecular weight excluding hydrogens is 643 g/mol. The standard InChI is InChI=1S/C26H32F3N7O9S/c27-12-5-11(6-13(28)18(12)29)14-7-35(32-30-14)19-21(39)15(9-37)44-25(23(19)41)46-26-24(42)20(22(40)16(10-38)45-26)36-8-17(31-33-36)34-1-3-43-4-2-34/h5-8,15-16,19-26,37-42H,1-4,9-10H2/t15?,16-,19?,20?,21+,22?,23?,24-,25+,26+/m1/s1. The van der Waals surface area contributed by atoms with Crippen molar-refractivity contribution in [3.8, 4) is 11.3 Å². The molecule has 5 unspecified atom stereocenters. The van der Waals surface area contributed by atoms with Gasteiger partial charge in [0.2, 0.25) is 0 Å². The van der Waals surface area contributed by atoms with Gasteiger partial charge in [0.15, 0.2) is 23.3 Å². The van der Waals surface area contributed by atoms with E-state index in [9.17, 15) is 43.8 Å². The summed E-state index contributed by atoms with van der Waals surface area (Å²) in [7, 11) is 0. The van der Waals surface area contributed by atoms with Gasteiger partial charge in [-0.05, 0) is 12.1 Å². The van der Waals surface area contributed by atoms with Crippen LogP contribution in [0.25, 0.3) is 11.3 Å². The zero-order chi connectivity index (χ0) is 32.7. The van der Waals surface area contributed by atoms with Crippen molar-refractivity contribution in [2.75, 3.05) is 44.4 Å². The van der Waals surface area contributed by atoms with Crippen molar-refractivity contribution < 1.29 is 58.0 Å². The van der Waals surface area contributed by atoms with Crippen molar-refractivity contribution >= 4 is 17.6 Å². The molecular formula is C26H32F3N7O9S. The second-order valence-corrected chi connectivity index (χ2v) is 12.2. The molecule has 1 aromatic carbocycles. The number of aliphatic hydroxyl groups is 6. The highest BCUT2D eigenvalue weighted by molar-refractivity contribution is 8.00. The Hall–Kier alpha value is -2.92. The Morgan fingerprint density at radius 3 is 1.83 bits per heavy atom. The first-order valence-corrected chi connectivity index (χ1v) is 15.3. The first-order valence-electron chi connectivity index (χ1n) is 14.3. The summed E-state index contributed by atoms with van der Waals surface area (Å²) in [4.78, 5) is 1.92. The maximum absolute atomic E-state index is 13.8. The number of anilines is 1. The van der Waals surface area contributed by atoms with Crippen LogP contribution in [0.1, 0.15) is 12.1 Å². The third-order valence-electron chi connectivity index (χ3n) is 8.20. The molecule has 0 spiro atoms. The molecule has 10 atom stereocenters. The van der Waals surface area contributed by atoms with E-state index < -0.39 is 90.2 Å². The van der Waals surface area contributed by atoms with E-state index in [-0.39, 0.29) is 11.3 Å². The van der Waals surface area contributed by atoms with Crippen LogP contribution in [0.5, 0.6) is 0 Å². The van der Waals surface area contributed by atoms with Gasteiger partial charge in [0.1, 0.15) is 65.3 Å². The zero-order valence-electron chi connectivity index (χ0n) is 23.9. The van der Waals surface area contributed by atoms with E-state index in [4.69, 9.17) is 14.2 Å². The van der Waals surface area contributed by atoms with Crippen LogP contribution in [-0.2, 0) is 14.2 Å². The number of benzene rings is 1. The molecule has 6 N–H and O–H groups in total. The van der Waals surface area contributed by atoms with Crippen LogP contribution < -0.4 is 4.90 Å². The molecule has 0 bridgehead atoms. The van der Waals surface area contributed by atoms with Crippen LogP contribution in [0.2, 0.25) is 0 Å². The fourth-order valence-electron chi connectivity index (χ4n) is 5.73. The van der Waals surface area contributed by atoms with E-state index in [1.807, 2.05) is 4.90 Å². The molecule has 0 saturated carbocycles. The lowest BCUT2D eigenvalue weighted by atomic mass is 9.97. The Balaban J connectivity index is 1.24. The van der Waals surface area contributed by atoms with Gasteiger partial charge in [0.05, 0.1) is 38.8 Å². The van der Waals surface area contributed by atoms with Crippen molar-refractivity contribution in [3.05, 3.63) is 42.0 Å². The number of aromatic nitrogens is 6. The fraction of sp³-hybridized carbons (Fsp3) is 0.615. The number of rotatable bonds is 8. The summed E-state index contributed by atoms with van der Waals surface area (Å²) in [5.74, 6) is -4.08. The second kappa shape index (κ2) is 13.7. The molecule has 3 saturated heterocycles. The van der Waals surface area contributed by atoms with Gasteiger partial charge in [-0.25, -0.2) is 22.5 Å². The SMILES string of the molecule is OCC1O[C@@H](S[C@@H]2O[C@H](CO)C(O)C(n3cc(N4CCOCC4)nn3)[C@H]2O)C(O)C(n2cc(-c3cc(F)c(F)c(F)c3)nn2)[C@H]1O. The van der Waals surface area contributed by atoms with Gasteiger partial charge in [0, 0.05) is 18.7 Å². The van der Waals surface area contributed by atoms with Crippen LogP contribution in [0.15, 0.2) is 24.5 Å². The van der Waals surface area contributed by atoms with E-state index in [0.29, 0.717) is 44.3 Å². The Bertz CT molecular complexity index is 1480. The van der Waals surface area contributed by atoms with Crippen molar-refractivity contribution in [2.24, 2.45) is 0 Å². The number of hydrogen-bond donors (Lipinski definition) is 6. The summed E-state index contributed by atoms with van der Waals surface area (Å²) in [6.45, 7) is 0.789. The van der Waals surface area contributed by atoms with E-state index in [0.717, 1.165) is 16.4 Å². The first-order chi connectivity index (χ1) is 22.1. The topological polar surface area (TPSA) is 214 Å². The Morgan fingerprint density at radius 1 is 0.761 bits per heavy atom. The summed E-state index contributed by atoms with van der Waals surface area (Å²) in [6.07, 6.45) is -5.81. The molecule has 3 fully saturated rings. The summed E-state index contributed by atoms with van der Waals surface area (Å²) >= 11 is 0.761. The molecule has 0 amide bonds. The number of aliphatic hydroxyl groups excluding tert-OH is 6. The normalized spacial score (nSPS) is 33.8. The second-order valence-electron chi connectivity index (χ2n) is 11.0. The molecule has 3 aromatic rings. The third kappa shape index (κ3) is 6.21. The number of hydrogen-bond acceptors (Lipinski definition) is 15. The Morgan fingerprint density at radius 2 is 1.28 bits per heavy atom. The van der Waals surface area contributed by atoms with E-state index in [1.165, 1.54) is 10.9 Å². The predicted octanol–water partition coefficient (Wildman–Crippen LogP) is -1.82. The number of morpholine rings is 1. The maximum Gasteiger partial charge on any atom is 0.194 e. The summed E-state index contributed by atoms with van der Waals surface area (Å²) in [5.41, 5.74) is -2.81. The van der Waals surface area contributed by atoms with Crippen LogP contribution in [-0.4, -0.2) is 148 Å². The number of ether oxygens (including phenoxy) is 3. The molecule has 3 aliphatic rings. The largest absolute Gasteiger partial charge is 0.394 e. The highest BCUT2D eigenvalue weighted by Gasteiger charge is 2.51. The maximum atomic E-state index is 13.8. The quantitative estimate of drug-likeness (QED) is 0.145. The minimum Gasteiger partial charge on any atom is -0.394 e. The van der Waals surface area contributed by atoms with Gasteiger partial charge < -0.3 is 49.7 Å². The molecule has 5 heterocycles. The fourth-order valence-corrected chi connectivity index (χ4v) is 7.05. The lowest BCUT2D eigenvalue weighted by Crippen LogP contribution is -2.58. The van der Waals surface area contributed by atoms with Gasteiger partial charge in [-0.1, -0.05) is 22.2 Å². The lowest BCUT2D eigenvalue weighted by molar-refractivity contribution is -0.189. The van der Waals surface area contributed by atoms with E-state index >= 15 is 0 Å².